The molecule has 0 saturated carbocycles. The molecule has 1 aromatic carbocycles. The zero-order chi connectivity index (χ0) is 11.1. The molecule has 0 saturated heterocycles. The van der Waals surface area contributed by atoms with Crippen molar-refractivity contribution in [2.45, 2.75) is 0 Å². The summed E-state index contributed by atoms with van der Waals surface area (Å²) in [7, 11) is 0. The van der Waals surface area contributed by atoms with Crippen LogP contribution in [0.4, 0.5) is 0 Å². The molecule has 0 unspecified atom stereocenters. The highest BCUT2D eigenvalue weighted by Gasteiger charge is 2.11. The van der Waals surface area contributed by atoms with Crippen LogP contribution in [0, 0.1) is 0 Å². The second-order valence-electron chi connectivity index (χ2n) is 3.17. The van der Waals surface area contributed by atoms with Crippen LogP contribution in [-0.2, 0) is 0 Å². The topological polar surface area (TPSA) is 83.5 Å². The van der Waals surface area contributed by atoms with E-state index in [1.165, 1.54) is 34.3 Å². The predicted octanol–water partition coefficient (Wildman–Crippen LogP) is 1.26. The molecule has 0 aliphatic rings. The number of benzene rings is 1. The van der Waals surface area contributed by atoms with Gasteiger partial charge < -0.3 is 10.2 Å². The summed E-state index contributed by atoms with van der Waals surface area (Å²) in [5.41, 5.74) is 0.563. The monoisotopic (exact) mass is 234 g/mol. The molecule has 6 nitrogen and oxygen atoms in total. The third kappa shape index (κ3) is 1.29. The lowest BCUT2D eigenvalue weighted by Crippen LogP contribution is -1.82. The lowest BCUT2D eigenvalue weighted by atomic mass is 10.2. The Hall–Kier alpha value is -2.15. The Balaban J connectivity index is 2.19. The molecular formula is C9H6N4O2S. The molecule has 0 amide bonds. The highest BCUT2D eigenvalue weighted by Crippen LogP contribution is 2.34. The van der Waals surface area contributed by atoms with Crippen molar-refractivity contribution in [3.8, 4) is 22.1 Å². The summed E-state index contributed by atoms with van der Waals surface area (Å²) in [5.74, 6) is 0.00853. The molecule has 0 fully saturated rings. The van der Waals surface area contributed by atoms with E-state index in [1.807, 2.05) is 0 Å². The average molecular weight is 234 g/mol. The number of aromatic nitrogens is 4. The number of aromatic hydroxyl groups is 2. The normalized spacial score (nSPS) is 11.0. The van der Waals surface area contributed by atoms with Crippen molar-refractivity contribution in [2.24, 2.45) is 0 Å². The molecule has 0 atom stereocenters. The molecule has 80 valence electrons. The molecule has 7 heteroatoms. The van der Waals surface area contributed by atoms with Crippen molar-refractivity contribution in [1.29, 1.82) is 0 Å². The molecule has 0 spiro atoms. The predicted molar refractivity (Wildman–Crippen MR) is 57.4 cm³/mol. The fourth-order valence-electron chi connectivity index (χ4n) is 1.37. The smallest absolute Gasteiger partial charge is 0.234 e. The van der Waals surface area contributed by atoms with E-state index in [9.17, 15) is 10.2 Å². The van der Waals surface area contributed by atoms with Gasteiger partial charge in [-0.05, 0) is 12.1 Å². The van der Waals surface area contributed by atoms with Crippen LogP contribution < -0.4 is 0 Å². The second-order valence-corrected chi connectivity index (χ2v) is 4.12. The van der Waals surface area contributed by atoms with Gasteiger partial charge in [0.1, 0.15) is 17.8 Å². The van der Waals surface area contributed by atoms with Gasteiger partial charge in [-0.2, -0.15) is 9.61 Å². The van der Waals surface area contributed by atoms with E-state index in [1.54, 1.807) is 6.07 Å². The summed E-state index contributed by atoms with van der Waals surface area (Å²) < 4.78 is 1.53. The Labute approximate surface area is 93.4 Å². The molecule has 2 N–H and O–H groups in total. The zero-order valence-corrected chi connectivity index (χ0v) is 8.72. The number of nitrogens with zero attached hydrogens (tertiary/aromatic N) is 4. The van der Waals surface area contributed by atoms with Crippen LogP contribution in [0.25, 0.3) is 15.5 Å². The second kappa shape index (κ2) is 3.17. The summed E-state index contributed by atoms with van der Waals surface area (Å²) in [6.07, 6.45) is 1.49. The minimum Gasteiger partial charge on any atom is -0.508 e. The molecule has 2 heterocycles. The fourth-order valence-corrected chi connectivity index (χ4v) is 2.22. The molecule has 0 aliphatic carbocycles. The molecule has 16 heavy (non-hydrogen) atoms. The van der Waals surface area contributed by atoms with E-state index in [-0.39, 0.29) is 11.5 Å². The molecule has 0 radical (unpaired) electrons. The lowest BCUT2D eigenvalue weighted by molar-refractivity contribution is 0.452. The van der Waals surface area contributed by atoms with Gasteiger partial charge in [-0.15, -0.1) is 10.2 Å². The average Bonchev–Trinajstić information content (AvgIpc) is 2.76. The summed E-state index contributed by atoms with van der Waals surface area (Å²) in [5, 5.41) is 31.2. The largest absolute Gasteiger partial charge is 0.508 e. The Morgan fingerprint density at radius 3 is 2.88 bits per heavy atom. The Morgan fingerprint density at radius 1 is 1.25 bits per heavy atom. The van der Waals surface area contributed by atoms with Crippen LogP contribution in [-0.4, -0.2) is 30.0 Å². The van der Waals surface area contributed by atoms with Gasteiger partial charge in [0.15, 0.2) is 5.01 Å². The Morgan fingerprint density at radius 2 is 2.12 bits per heavy atom. The van der Waals surface area contributed by atoms with E-state index < -0.39 is 0 Å². The first-order valence-electron chi connectivity index (χ1n) is 4.43. The van der Waals surface area contributed by atoms with Crippen LogP contribution >= 0.6 is 11.3 Å². The fraction of sp³-hybridized carbons (Fsp3) is 0. The van der Waals surface area contributed by atoms with Gasteiger partial charge in [0.25, 0.3) is 0 Å². The minimum absolute atomic E-state index is 0.00929. The highest BCUT2D eigenvalue weighted by molar-refractivity contribution is 7.19. The maximum Gasteiger partial charge on any atom is 0.234 e. The summed E-state index contributed by atoms with van der Waals surface area (Å²) >= 11 is 1.31. The maximum absolute atomic E-state index is 9.67. The lowest BCUT2D eigenvalue weighted by Gasteiger charge is -1.99. The van der Waals surface area contributed by atoms with E-state index in [2.05, 4.69) is 15.3 Å². The Bertz CT molecular complexity index is 632. The van der Waals surface area contributed by atoms with E-state index >= 15 is 0 Å². The third-order valence-corrected chi connectivity index (χ3v) is 3.04. The van der Waals surface area contributed by atoms with Crippen LogP contribution in [0.5, 0.6) is 11.5 Å². The van der Waals surface area contributed by atoms with Crippen molar-refractivity contribution < 1.29 is 10.2 Å². The van der Waals surface area contributed by atoms with Crippen molar-refractivity contribution in [1.82, 2.24) is 19.8 Å². The molecule has 0 bridgehead atoms. The number of rotatable bonds is 1. The standard InChI is InChI=1S/C9H6N4O2S/c14-5-1-2-6(7(15)3-5)8-12-13-4-10-11-9(13)16-8/h1-4,14-15H. The van der Waals surface area contributed by atoms with Gasteiger partial charge in [-0.1, -0.05) is 11.3 Å². The van der Waals surface area contributed by atoms with Gasteiger partial charge in [-0.3, -0.25) is 0 Å². The quantitative estimate of drug-likeness (QED) is 0.662. The van der Waals surface area contributed by atoms with Crippen LogP contribution in [0.1, 0.15) is 0 Å². The zero-order valence-electron chi connectivity index (χ0n) is 7.90. The van der Waals surface area contributed by atoms with E-state index in [4.69, 9.17) is 0 Å². The summed E-state index contributed by atoms with van der Waals surface area (Å²) in [6, 6.07) is 4.38. The van der Waals surface area contributed by atoms with Gasteiger partial charge in [0.05, 0.1) is 5.56 Å². The third-order valence-electron chi connectivity index (χ3n) is 2.10. The number of hydrogen-bond acceptors (Lipinski definition) is 6. The van der Waals surface area contributed by atoms with Crippen molar-refractivity contribution in [3.05, 3.63) is 24.5 Å². The number of phenolic OH excluding ortho intramolecular Hbond substituents is 2. The Kier molecular flexibility index (Phi) is 1.80. The van der Waals surface area contributed by atoms with Crippen LogP contribution in [0.2, 0.25) is 0 Å². The molecule has 3 aromatic rings. The van der Waals surface area contributed by atoms with Crippen LogP contribution in [0.15, 0.2) is 24.5 Å². The van der Waals surface area contributed by atoms with Crippen molar-refractivity contribution in [2.75, 3.05) is 0 Å². The van der Waals surface area contributed by atoms with Gasteiger partial charge >= 0.3 is 0 Å². The van der Waals surface area contributed by atoms with Crippen molar-refractivity contribution in [3.63, 3.8) is 0 Å². The van der Waals surface area contributed by atoms with E-state index in [0.717, 1.165) is 0 Å². The minimum atomic E-state index is -0.00929. The molecule has 0 aliphatic heterocycles. The highest BCUT2D eigenvalue weighted by atomic mass is 32.1. The molecule has 2 aromatic heterocycles. The number of fused-ring (bicyclic) bond motifs is 1. The van der Waals surface area contributed by atoms with Gasteiger partial charge in [0.2, 0.25) is 4.96 Å². The summed E-state index contributed by atoms with van der Waals surface area (Å²) in [4.78, 5) is 0.655. The summed E-state index contributed by atoms with van der Waals surface area (Å²) in [6.45, 7) is 0. The maximum atomic E-state index is 9.67. The number of phenols is 2. The first-order chi connectivity index (χ1) is 7.74. The SMILES string of the molecule is Oc1ccc(-c2nn3cnnc3s2)c(O)c1. The molecular weight excluding hydrogens is 228 g/mol. The number of hydrogen-bond donors (Lipinski definition) is 2. The first-order valence-corrected chi connectivity index (χ1v) is 5.25. The van der Waals surface area contributed by atoms with Gasteiger partial charge in [0, 0.05) is 6.07 Å². The van der Waals surface area contributed by atoms with E-state index in [0.29, 0.717) is 15.5 Å². The van der Waals surface area contributed by atoms with Gasteiger partial charge in [-0.25, -0.2) is 0 Å². The molecule has 3 rings (SSSR count). The first kappa shape index (κ1) is 9.10. The van der Waals surface area contributed by atoms with Crippen LogP contribution in [0.3, 0.4) is 0 Å². The van der Waals surface area contributed by atoms with Crippen molar-refractivity contribution >= 4 is 16.3 Å².